The van der Waals surface area contributed by atoms with Gasteiger partial charge in [-0.2, -0.15) is 0 Å². The van der Waals surface area contributed by atoms with Crippen LogP contribution in [0.1, 0.15) is 69.6 Å². The van der Waals surface area contributed by atoms with E-state index in [1.54, 1.807) is 46.8 Å². The molecule has 1 amide bonds. The zero-order chi connectivity index (χ0) is 25.0. The normalized spacial score (nSPS) is 11.1. The predicted octanol–water partition coefficient (Wildman–Crippen LogP) is 5.19. The smallest absolute Gasteiger partial charge is 0.426 e. The first-order valence-electron chi connectivity index (χ1n) is 11.0. The first-order chi connectivity index (χ1) is 16.0. The molecule has 0 spiro atoms. The topological polar surface area (TPSA) is 86.6 Å². The van der Waals surface area contributed by atoms with Crippen molar-refractivity contribution in [3.8, 4) is 0 Å². The van der Waals surface area contributed by atoms with E-state index in [9.17, 15) is 14.4 Å². The predicted molar refractivity (Wildman–Crippen MR) is 130 cm³/mol. The first-order valence-corrected chi connectivity index (χ1v) is 11.0. The molecule has 0 saturated carbocycles. The van der Waals surface area contributed by atoms with Crippen LogP contribution in [0, 0.1) is 13.8 Å². The maximum absolute atomic E-state index is 13.8. The van der Waals surface area contributed by atoms with Gasteiger partial charge in [0.15, 0.2) is 5.78 Å². The summed E-state index contributed by atoms with van der Waals surface area (Å²) in [5.41, 5.74) is 5.37. The number of methoxy groups -OCH3 is 1. The lowest BCUT2D eigenvalue weighted by Crippen LogP contribution is -2.32. The Morgan fingerprint density at radius 2 is 1.47 bits per heavy atom. The second-order valence-electron chi connectivity index (χ2n) is 9.01. The second kappa shape index (κ2) is 9.95. The van der Waals surface area contributed by atoms with Gasteiger partial charge < -0.3 is 9.47 Å². The third-order valence-electron chi connectivity index (χ3n) is 5.36. The number of carbonyl (C=O) groups excluding carboxylic acids is 3. The Labute approximate surface area is 199 Å². The summed E-state index contributed by atoms with van der Waals surface area (Å²) in [6.07, 6.45) is -0.140. The highest BCUT2D eigenvalue weighted by Crippen LogP contribution is 2.27. The van der Waals surface area contributed by atoms with E-state index < -0.39 is 17.7 Å². The molecule has 34 heavy (non-hydrogen) atoms. The van der Waals surface area contributed by atoms with Gasteiger partial charge in [-0.05, 0) is 52.2 Å². The molecular weight excluding hydrogens is 432 g/mol. The third-order valence-corrected chi connectivity index (χ3v) is 5.36. The van der Waals surface area contributed by atoms with Crippen molar-refractivity contribution < 1.29 is 23.9 Å². The molecule has 1 heterocycles. The van der Waals surface area contributed by atoms with E-state index in [-0.39, 0.29) is 16.9 Å². The number of nitrogens with zero attached hydrogens (tertiary/aromatic N) is 1. The zero-order valence-corrected chi connectivity index (χ0v) is 20.4. The van der Waals surface area contributed by atoms with Crippen LogP contribution in [-0.4, -0.2) is 35.2 Å². The molecule has 7 heteroatoms. The SMILES string of the molecule is COC(=O)c1c(C(=O)c2ccccc2Cc2ccccc2)c(C)n(NC(=O)OC(C)(C)C)c1C. The lowest BCUT2D eigenvalue weighted by Gasteiger charge is -2.21. The Kier molecular flexibility index (Phi) is 7.25. The van der Waals surface area contributed by atoms with Gasteiger partial charge in [0.2, 0.25) is 0 Å². The Morgan fingerprint density at radius 3 is 2.09 bits per heavy atom. The van der Waals surface area contributed by atoms with E-state index in [0.29, 0.717) is 23.4 Å². The highest BCUT2D eigenvalue weighted by atomic mass is 16.6. The van der Waals surface area contributed by atoms with E-state index in [1.165, 1.54) is 11.8 Å². The quantitative estimate of drug-likeness (QED) is 0.402. The Balaban J connectivity index is 2.08. The summed E-state index contributed by atoms with van der Waals surface area (Å²) in [7, 11) is 1.26. The largest absolute Gasteiger partial charge is 0.465 e. The van der Waals surface area contributed by atoms with E-state index in [0.717, 1.165) is 11.1 Å². The van der Waals surface area contributed by atoms with Crippen molar-refractivity contribution in [2.24, 2.45) is 0 Å². The molecule has 0 aliphatic heterocycles. The van der Waals surface area contributed by atoms with Gasteiger partial charge in [0.05, 0.1) is 23.9 Å². The van der Waals surface area contributed by atoms with Crippen molar-refractivity contribution >= 4 is 17.8 Å². The van der Waals surface area contributed by atoms with Crippen LogP contribution in [0.4, 0.5) is 4.79 Å². The Bertz CT molecular complexity index is 1220. The minimum Gasteiger partial charge on any atom is -0.465 e. The Hall–Kier alpha value is -3.87. The van der Waals surface area contributed by atoms with Crippen molar-refractivity contribution in [3.05, 3.63) is 93.8 Å². The summed E-state index contributed by atoms with van der Waals surface area (Å²) in [6, 6.07) is 17.1. The number of hydrogen-bond donors (Lipinski definition) is 1. The van der Waals surface area contributed by atoms with E-state index >= 15 is 0 Å². The van der Waals surface area contributed by atoms with Crippen LogP contribution in [0.25, 0.3) is 0 Å². The van der Waals surface area contributed by atoms with Gasteiger partial charge in [0, 0.05) is 11.3 Å². The standard InChI is InChI=1S/C27H30N2O5/c1-17-22(23(25(31)33-6)18(2)29(17)28-26(32)34-27(3,4)5)24(30)21-15-11-10-14-20(21)16-19-12-8-7-9-13-19/h7-15H,16H2,1-6H3,(H,28,32). The molecule has 0 saturated heterocycles. The maximum atomic E-state index is 13.8. The van der Waals surface area contributed by atoms with Crippen molar-refractivity contribution in [3.63, 3.8) is 0 Å². The summed E-state index contributed by atoms with van der Waals surface area (Å²) in [4.78, 5) is 39.0. The molecular formula is C27H30N2O5. The molecule has 2 aromatic carbocycles. The van der Waals surface area contributed by atoms with Crippen LogP contribution in [0.2, 0.25) is 0 Å². The molecule has 0 unspecified atom stereocenters. The molecule has 0 radical (unpaired) electrons. The van der Waals surface area contributed by atoms with Gasteiger partial charge in [0.1, 0.15) is 5.60 Å². The molecule has 1 aromatic heterocycles. The average molecular weight is 463 g/mol. The van der Waals surface area contributed by atoms with Crippen molar-refractivity contribution in [1.29, 1.82) is 0 Å². The molecule has 0 aliphatic rings. The third kappa shape index (κ3) is 5.36. The summed E-state index contributed by atoms with van der Waals surface area (Å²) in [5, 5.41) is 0. The fraction of sp³-hybridized carbons (Fsp3) is 0.296. The summed E-state index contributed by atoms with van der Waals surface area (Å²) in [6.45, 7) is 8.56. The molecule has 0 fully saturated rings. The number of aromatic nitrogens is 1. The number of benzene rings is 2. The van der Waals surface area contributed by atoms with Gasteiger partial charge in [-0.1, -0.05) is 54.6 Å². The highest BCUT2D eigenvalue weighted by Gasteiger charge is 2.31. The van der Waals surface area contributed by atoms with Crippen LogP contribution in [-0.2, 0) is 15.9 Å². The van der Waals surface area contributed by atoms with Crippen molar-refractivity contribution in [2.45, 2.75) is 46.6 Å². The second-order valence-corrected chi connectivity index (χ2v) is 9.01. The van der Waals surface area contributed by atoms with E-state index in [4.69, 9.17) is 9.47 Å². The van der Waals surface area contributed by atoms with Gasteiger partial charge in [-0.25, -0.2) is 15.0 Å². The van der Waals surface area contributed by atoms with Crippen LogP contribution in [0.3, 0.4) is 0 Å². The lowest BCUT2D eigenvalue weighted by molar-refractivity contribution is 0.0587. The van der Waals surface area contributed by atoms with Crippen LogP contribution in [0.5, 0.6) is 0 Å². The molecule has 7 nitrogen and oxygen atoms in total. The minimum atomic E-state index is -0.709. The number of amides is 1. The summed E-state index contributed by atoms with van der Waals surface area (Å²) >= 11 is 0. The first kappa shape index (κ1) is 24.8. The number of ketones is 1. The molecule has 3 rings (SSSR count). The molecule has 178 valence electrons. The monoisotopic (exact) mass is 462 g/mol. The van der Waals surface area contributed by atoms with Crippen molar-refractivity contribution in [2.75, 3.05) is 12.5 Å². The van der Waals surface area contributed by atoms with E-state index in [1.807, 2.05) is 42.5 Å². The van der Waals surface area contributed by atoms with Gasteiger partial charge in [-0.3, -0.25) is 9.47 Å². The molecule has 1 N–H and O–H groups in total. The lowest BCUT2D eigenvalue weighted by atomic mass is 9.92. The molecule has 3 aromatic rings. The summed E-state index contributed by atoms with van der Waals surface area (Å²) in [5.74, 6) is -0.980. The van der Waals surface area contributed by atoms with E-state index in [2.05, 4.69) is 5.43 Å². The van der Waals surface area contributed by atoms with Crippen LogP contribution < -0.4 is 5.43 Å². The number of nitrogens with one attached hydrogen (secondary N) is 1. The number of rotatable bonds is 6. The Morgan fingerprint density at radius 1 is 0.882 bits per heavy atom. The van der Waals surface area contributed by atoms with Crippen LogP contribution in [0.15, 0.2) is 54.6 Å². The summed E-state index contributed by atoms with van der Waals surface area (Å²) < 4.78 is 11.7. The van der Waals surface area contributed by atoms with Gasteiger partial charge >= 0.3 is 12.1 Å². The number of carbonyl (C=O) groups is 3. The fourth-order valence-electron chi connectivity index (χ4n) is 3.87. The number of hydrogen-bond acceptors (Lipinski definition) is 5. The minimum absolute atomic E-state index is 0.107. The van der Waals surface area contributed by atoms with Crippen LogP contribution >= 0.6 is 0 Å². The zero-order valence-electron chi connectivity index (χ0n) is 20.4. The fourth-order valence-corrected chi connectivity index (χ4v) is 3.87. The van der Waals surface area contributed by atoms with Gasteiger partial charge in [0.25, 0.3) is 0 Å². The number of esters is 1. The van der Waals surface area contributed by atoms with Gasteiger partial charge in [-0.15, -0.1) is 0 Å². The average Bonchev–Trinajstić information content (AvgIpc) is 3.02. The number of ether oxygens (including phenoxy) is 2. The maximum Gasteiger partial charge on any atom is 0.426 e. The molecule has 0 bridgehead atoms. The molecule has 0 aliphatic carbocycles. The van der Waals surface area contributed by atoms with Crippen molar-refractivity contribution in [1.82, 2.24) is 4.68 Å². The highest BCUT2D eigenvalue weighted by molar-refractivity contribution is 6.16. The molecule has 0 atom stereocenters.